The van der Waals surface area contributed by atoms with Gasteiger partial charge in [0.15, 0.2) is 0 Å². The van der Waals surface area contributed by atoms with Crippen molar-refractivity contribution >= 4 is 22.7 Å². The number of aryl methyl sites for hydroxylation is 1. The molecule has 1 fully saturated rings. The van der Waals surface area contributed by atoms with Crippen molar-refractivity contribution in [2.45, 2.75) is 19.4 Å². The zero-order valence-corrected chi connectivity index (χ0v) is 18.2. The molecule has 0 unspecified atom stereocenters. The first-order chi connectivity index (χ1) is 15.6. The Bertz CT molecular complexity index is 1110. The molecular formula is C23H26N4O5. The van der Waals surface area contributed by atoms with E-state index in [1.165, 1.54) is 0 Å². The van der Waals surface area contributed by atoms with Crippen molar-refractivity contribution in [3.05, 3.63) is 59.1 Å². The molecular weight excluding hydrogens is 412 g/mol. The van der Waals surface area contributed by atoms with Crippen LogP contribution in [0.1, 0.15) is 45.3 Å². The lowest BCUT2D eigenvalue weighted by atomic mass is 10.0. The second-order valence-corrected chi connectivity index (χ2v) is 7.51. The summed E-state index contributed by atoms with van der Waals surface area (Å²) in [5.74, 6) is -0.226. The van der Waals surface area contributed by atoms with E-state index in [1.807, 2.05) is 31.2 Å². The summed E-state index contributed by atoms with van der Waals surface area (Å²) in [4.78, 5) is 32.1. The van der Waals surface area contributed by atoms with Crippen molar-refractivity contribution in [3.63, 3.8) is 0 Å². The molecule has 2 amide bonds. The highest BCUT2D eigenvalue weighted by molar-refractivity contribution is 6.06. The molecule has 32 heavy (non-hydrogen) atoms. The first-order valence-corrected chi connectivity index (χ1v) is 10.6. The van der Waals surface area contributed by atoms with Crippen LogP contribution in [0.2, 0.25) is 0 Å². The monoisotopic (exact) mass is 438 g/mol. The molecule has 1 aliphatic heterocycles. The second-order valence-electron chi connectivity index (χ2n) is 7.51. The van der Waals surface area contributed by atoms with Crippen LogP contribution in [0.15, 0.2) is 40.9 Å². The number of nitrogens with zero attached hydrogens (tertiary/aromatic N) is 3. The summed E-state index contributed by atoms with van der Waals surface area (Å²) in [6, 6.07) is 10.9. The van der Waals surface area contributed by atoms with Gasteiger partial charge in [0.2, 0.25) is 5.76 Å². The van der Waals surface area contributed by atoms with Gasteiger partial charge in [-0.15, -0.1) is 0 Å². The molecule has 0 spiro atoms. The number of para-hydroxylation sites is 1. The minimum Gasteiger partial charge on any atom is -0.383 e. The molecule has 9 nitrogen and oxygen atoms in total. The number of fused-ring (bicyclic) bond motifs is 1. The van der Waals surface area contributed by atoms with Gasteiger partial charge in [-0.05, 0) is 18.6 Å². The van der Waals surface area contributed by atoms with Crippen LogP contribution in [-0.4, -0.2) is 66.8 Å². The van der Waals surface area contributed by atoms with Gasteiger partial charge in [-0.25, -0.2) is 4.98 Å². The molecule has 9 heteroatoms. The van der Waals surface area contributed by atoms with Crippen molar-refractivity contribution in [1.82, 2.24) is 20.4 Å². The van der Waals surface area contributed by atoms with Gasteiger partial charge in [-0.3, -0.25) is 9.59 Å². The normalized spacial score (nSPS) is 16.3. The van der Waals surface area contributed by atoms with Gasteiger partial charge in [0.05, 0.1) is 42.2 Å². The van der Waals surface area contributed by atoms with Crippen molar-refractivity contribution in [2.75, 3.05) is 40.0 Å². The van der Waals surface area contributed by atoms with Gasteiger partial charge >= 0.3 is 0 Å². The average Bonchev–Trinajstić information content (AvgIpc) is 3.32. The van der Waals surface area contributed by atoms with Gasteiger partial charge in [0.25, 0.3) is 11.8 Å². The number of pyridine rings is 1. The number of carbonyl (C=O) groups is 2. The number of carbonyl (C=O) groups excluding carboxylic acids is 2. The summed E-state index contributed by atoms with van der Waals surface area (Å²) >= 11 is 0. The standard InChI is InChI=1S/C23H26N4O5/c1-3-15-12-20(32-26-15)23(29)27-9-11-31-21(14-27)19-13-17(22(28)24-8-10-30-2)16-6-4-5-7-18(16)25-19/h4-7,12-13,21H,3,8-11,14H2,1-2H3,(H,24,28)/t21-/m1/s1. The quantitative estimate of drug-likeness (QED) is 0.565. The molecule has 0 radical (unpaired) electrons. The molecule has 168 valence electrons. The highest BCUT2D eigenvalue weighted by Crippen LogP contribution is 2.27. The number of amides is 2. The number of morpholine rings is 1. The number of aromatic nitrogens is 2. The summed E-state index contributed by atoms with van der Waals surface area (Å²) in [5.41, 5.74) is 2.54. The van der Waals surface area contributed by atoms with Crippen LogP contribution in [0, 0.1) is 0 Å². The highest BCUT2D eigenvalue weighted by Gasteiger charge is 2.30. The van der Waals surface area contributed by atoms with Crippen LogP contribution >= 0.6 is 0 Å². The van der Waals surface area contributed by atoms with Gasteiger partial charge in [0.1, 0.15) is 6.10 Å². The Morgan fingerprint density at radius 1 is 1.28 bits per heavy atom. The van der Waals surface area contributed by atoms with E-state index in [2.05, 4.69) is 10.5 Å². The minimum absolute atomic E-state index is 0.209. The van der Waals surface area contributed by atoms with Crippen LogP contribution in [0.4, 0.5) is 0 Å². The first kappa shape index (κ1) is 21.9. The topological polar surface area (TPSA) is 107 Å². The number of nitrogens with one attached hydrogen (secondary N) is 1. The van der Waals surface area contributed by atoms with Crippen LogP contribution in [0.5, 0.6) is 0 Å². The van der Waals surface area contributed by atoms with Crippen molar-refractivity contribution in [3.8, 4) is 0 Å². The third-order valence-electron chi connectivity index (χ3n) is 5.39. The number of rotatable bonds is 7. The Balaban J connectivity index is 1.59. The zero-order valence-electron chi connectivity index (χ0n) is 18.2. The molecule has 1 aromatic carbocycles. The summed E-state index contributed by atoms with van der Waals surface area (Å²) < 4.78 is 16.2. The molecule has 4 rings (SSSR count). The SMILES string of the molecule is CCc1cc(C(=O)N2CCO[C@@H](c3cc(C(=O)NCCOC)c4ccccc4n3)C2)on1. The Labute approximate surface area is 185 Å². The van der Waals surface area contributed by atoms with E-state index in [1.54, 1.807) is 24.1 Å². The van der Waals surface area contributed by atoms with Gasteiger partial charge < -0.3 is 24.2 Å². The summed E-state index contributed by atoms with van der Waals surface area (Å²) in [6.45, 7) is 3.87. The summed E-state index contributed by atoms with van der Waals surface area (Å²) in [7, 11) is 1.58. The zero-order chi connectivity index (χ0) is 22.5. The molecule has 1 saturated heterocycles. The van der Waals surface area contributed by atoms with Crippen molar-refractivity contribution in [1.29, 1.82) is 0 Å². The Morgan fingerprint density at radius 2 is 2.12 bits per heavy atom. The van der Waals surface area contributed by atoms with E-state index in [-0.39, 0.29) is 17.6 Å². The Kier molecular flexibility index (Phi) is 6.77. The van der Waals surface area contributed by atoms with E-state index in [4.69, 9.17) is 19.0 Å². The number of methoxy groups -OCH3 is 1. The maximum atomic E-state index is 12.9. The molecule has 3 heterocycles. The van der Waals surface area contributed by atoms with E-state index in [0.717, 1.165) is 11.1 Å². The van der Waals surface area contributed by atoms with Gasteiger partial charge in [-0.2, -0.15) is 0 Å². The number of ether oxygens (including phenoxy) is 2. The van der Waals surface area contributed by atoms with Crippen LogP contribution in [0.25, 0.3) is 10.9 Å². The van der Waals surface area contributed by atoms with Gasteiger partial charge in [-0.1, -0.05) is 30.3 Å². The lowest BCUT2D eigenvalue weighted by molar-refractivity contribution is -0.0257. The molecule has 0 saturated carbocycles. The molecule has 3 aromatic rings. The number of benzene rings is 1. The predicted octanol–water partition coefficient (Wildman–Crippen LogP) is 2.38. The summed E-state index contributed by atoms with van der Waals surface area (Å²) in [5, 5.41) is 7.52. The molecule has 1 aliphatic rings. The van der Waals surface area contributed by atoms with E-state index < -0.39 is 6.10 Å². The van der Waals surface area contributed by atoms with E-state index >= 15 is 0 Å². The van der Waals surface area contributed by atoms with Gasteiger partial charge in [0, 0.05) is 31.7 Å². The smallest absolute Gasteiger partial charge is 0.292 e. The molecule has 0 bridgehead atoms. The highest BCUT2D eigenvalue weighted by atomic mass is 16.5. The fraction of sp³-hybridized carbons (Fsp3) is 0.391. The molecule has 2 aromatic heterocycles. The Hall–Kier alpha value is -3.30. The predicted molar refractivity (Wildman–Crippen MR) is 116 cm³/mol. The average molecular weight is 438 g/mol. The maximum absolute atomic E-state index is 12.9. The van der Waals surface area contributed by atoms with E-state index in [0.29, 0.717) is 56.0 Å². The second kappa shape index (κ2) is 9.88. The lowest BCUT2D eigenvalue weighted by Gasteiger charge is -2.32. The van der Waals surface area contributed by atoms with Crippen LogP contribution in [-0.2, 0) is 15.9 Å². The largest absolute Gasteiger partial charge is 0.383 e. The third-order valence-corrected chi connectivity index (χ3v) is 5.39. The Morgan fingerprint density at radius 3 is 2.91 bits per heavy atom. The van der Waals surface area contributed by atoms with Crippen LogP contribution in [0.3, 0.4) is 0 Å². The fourth-order valence-corrected chi connectivity index (χ4v) is 3.66. The summed E-state index contributed by atoms with van der Waals surface area (Å²) in [6.07, 6.45) is 0.232. The third kappa shape index (κ3) is 4.63. The number of hydrogen-bond acceptors (Lipinski definition) is 7. The van der Waals surface area contributed by atoms with Crippen LogP contribution < -0.4 is 5.32 Å². The number of hydrogen-bond donors (Lipinski definition) is 1. The molecule has 1 atom stereocenters. The molecule has 0 aliphatic carbocycles. The lowest BCUT2D eigenvalue weighted by Crippen LogP contribution is -2.42. The van der Waals surface area contributed by atoms with E-state index in [9.17, 15) is 9.59 Å². The maximum Gasteiger partial charge on any atom is 0.292 e. The van der Waals surface area contributed by atoms with Crippen molar-refractivity contribution in [2.24, 2.45) is 0 Å². The van der Waals surface area contributed by atoms with Crippen molar-refractivity contribution < 1.29 is 23.6 Å². The molecule has 1 N–H and O–H groups in total. The first-order valence-electron chi connectivity index (χ1n) is 10.6. The minimum atomic E-state index is -0.462. The fourth-order valence-electron chi connectivity index (χ4n) is 3.66.